The summed E-state index contributed by atoms with van der Waals surface area (Å²) in [4.78, 5) is 24.9. The average molecular weight is 397 g/mol. The molecule has 2 amide bonds. The lowest BCUT2D eigenvalue weighted by molar-refractivity contribution is 0.0975. The number of hydrogen-bond acceptors (Lipinski definition) is 4. The Morgan fingerprint density at radius 2 is 2.22 bits per heavy atom. The first-order valence-electron chi connectivity index (χ1n) is 8.16. The van der Waals surface area contributed by atoms with E-state index in [2.05, 4.69) is 5.10 Å². The monoisotopic (exact) mass is 396 g/mol. The van der Waals surface area contributed by atoms with Crippen LogP contribution in [-0.2, 0) is 11.3 Å². The summed E-state index contributed by atoms with van der Waals surface area (Å²) in [7, 11) is 1.54. The normalized spacial score (nSPS) is 16.3. The lowest BCUT2D eigenvalue weighted by atomic mass is 10.0. The van der Waals surface area contributed by atoms with E-state index in [9.17, 15) is 19.1 Å². The highest BCUT2D eigenvalue weighted by molar-refractivity contribution is 6.31. The zero-order valence-corrected chi connectivity index (χ0v) is 15.2. The smallest absolute Gasteiger partial charge is 0.407 e. The molecule has 0 bridgehead atoms. The minimum absolute atomic E-state index is 0.0288. The Balaban J connectivity index is 2.16. The molecule has 10 heteroatoms. The molecule has 0 aliphatic carbocycles. The second-order valence-corrected chi connectivity index (χ2v) is 6.61. The number of rotatable bonds is 5. The Labute approximate surface area is 159 Å². The number of ether oxygens (including phenoxy) is 1. The van der Waals surface area contributed by atoms with Crippen LogP contribution in [0.5, 0.6) is 0 Å². The first-order valence-corrected chi connectivity index (χ1v) is 8.54. The van der Waals surface area contributed by atoms with Crippen LogP contribution in [0.1, 0.15) is 28.5 Å². The molecule has 2 aromatic rings. The number of primary amides is 1. The zero-order valence-electron chi connectivity index (χ0n) is 14.5. The predicted molar refractivity (Wildman–Crippen MR) is 95.1 cm³/mol. The summed E-state index contributed by atoms with van der Waals surface area (Å²) in [6.07, 6.45) is -0.608. The molecule has 1 unspecified atom stereocenters. The van der Waals surface area contributed by atoms with Crippen LogP contribution in [-0.4, -0.2) is 52.0 Å². The number of aromatic nitrogens is 2. The molecule has 3 rings (SSSR count). The van der Waals surface area contributed by atoms with Crippen LogP contribution in [0.2, 0.25) is 5.02 Å². The number of methoxy groups -OCH3 is 1. The summed E-state index contributed by atoms with van der Waals surface area (Å²) in [6.45, 7) is 0.565. The van der Waals surface area contributed by atoms with Gasteiger partial charge in [-0.1, -0.05) is 11.6 Å². The number of amides is 2. The summed E-state index contributed by atoms with van der Waals surface area (Å²) >= 11 is 5.86. The van der Waals surface area contributed by atoms with E-state index in [0.717, 1.165) is 0 Å². The Bertz CT molecular complexity index is 901. The summed E-state index contributed by atoms with van der Waals surface area (Å²) in [5.41, 5.74) is 6.73. The van der Waals surface area contributed by atoms with Crippen molar-refractivity contribution < 1.29 is 23.8 Å². The summed E-state index contributed by atoms with van der Waals surface area (Å²) < 4.78 is 20.2. The van der Waals surface area contributed by atoms with Crippen LogP contribution in [0.4, 0.5) is 9.18 Å². The standard InChI is InChI=1S/C17H18ClFN4O4/c1-27-5-4-10-7-22(17(25)26)8-13-14(16(20)24)15(21-23(10)13)9-2-3-12(19)11(18)6-9/h2-3,6,10H,4-5,7-8H2,1H3,(H2,20,24)(H,25,26). The van der Waals surface area contributed by atoms with Gasteiger partial charge in [-0.3, -0.25) is 9.48 Å². The lowest BCUT2D eigenvalue weighted by Crippen LogP contribution is -2.41. The maximum absolute atomic E-state index is 13.5. The van der Waals surface area contributed by atoms with E-state index in [-0.39, 0.29) is 35.4 Å². The fraction of sp³-hybridized carbons (Fsp3) is 0.353. The fourth-order valence-corrected chi connectivity index (χ4v) is 3.40. The number of nitrogens with zero attached hydrogens (tertiary/aromatic N) is 3. The van der Waals surface area contributed by atoms with Gasteiger partial charge < -0.3 is 20.5 Å². The van der Waals surface area contributed by atoms with Crippen LogP contribution >= 0.6 is 11.6 Å². The summed E-state index contributed by atoms with van der Waals surface area (Å²) in [5, 5.41) is 13.8. The molecule has 1 aromatic heterocycles. The highest BCUT2D eigenvalue weighted by atomic mass is 35.5. The van der Waals surface area contributed by atoms with Gasteiger partial charge in [-0.2, -0.15) is 5.10 Å². The van der Waals surface area contributed by atoms with Crippen LogP contribution < -0.4 is 5.73 Å². The third-order valence-electron chi connectivity index (χ3n) is 4.49. The van der Waals surface area contributed by atoms with Gasteiger partial charge >= 0.3 is 6.09 Å². The number of hydrogen-bond donors (Lipinski definition) is 2. The number of carbonyl (C=O) groups is 2. The molecule has 2 heterocycles. The van der Waals surface area contributed by atoms with Gasteiger partial charge in [0.15, 0.2) is 0 Å². The molecule has 1 aromatic carbocycles. The van der Waals surface area contributed by atoms with Crippen molar-refractivity contribution in [1.82, 2.24) is 14.7 Å². The van der Waals surface area contributed by atoms with Gasteiger partial charge in [0.05, 0.1) is 28.9 Å². The molecule has 0 radical (unpaired) electrons. The zero-order chi connectivity index (χ0) is 19.7. The molecule has 8 nitrogen and oxygen atoms in total. The van der Waals surface area contributed by atoms with Crippen molar-refractivity contribution in [1.29, 1.82) is 0 Å². The van der Waals surface area contributed by atoms with Crippen molar-refractivity contribution in [2.75, 3.05) is 20.3 Å². The van der Waals surface area contributed by atoms with Crippen molar-refractivity contribution in [3.8, 4) is 11.3 Å². The van der Waals surface area contributed by atoms with E-state index in [4.69, 9.17) is 22.1 Å². The number of benzene rings is 1. The molecule has 0 saturated heterocycles. The maximum Gasteiger partial charge on any atom is 0.407 e. The number of nitrogens with two attached hydrogens (primary N) is 1. The Morgan fingerprint density at radius 3 is 2.81 bits per heavy atom. The Morgan fingerprint density at radius 1 is 1.48 bits per heavy atom. The SMILES string of the molecule is COCCC1CN(C(=O)O)Cc2c(C(N)=O)c(-c3ccc(F)c(Cl)c3)nn21. The minimum Gasteiger partial charge on any atom is -0.465 e. The van der Waals surface area contributed by atoms with Gasteiger partial charge in [-0.15, -0.1) is 0 Å². The Kier molecular flexibility index (Phi) is 5.33. The fourth-order valence-electron chi connectivity index (χ4n) is 3.22. The molecule has 0 fully saturated rings. The summed E-state index contributed by atoms with van der Waals surface area (Å²) in [5.74, 6) is -1.34. The van der Waals surface area contributed by atoms with Gasteiger partial charge in [0.25, 0.3) is 5.91 Å². The van der Waals surface area contributed by atoms with Crippen LogP contribution in [0.25, 0.3) is 11.3 Å². The topological polar surface area (TPSA) is 111 Å². The molecular formula is C17H18ClFN4O4. The quantitative estimate of drug-likeness (QED) is 0.806. The predicted octanol–water partition coefficient (Wildman–Crippen LogP) is 2.51. The van der Waals surface area contributed by atoms with Gasteiger partial charge in [0, 0.05) is 25.8 Å². The first-order chi connectivity index (χ1) is 12.8. The number of carbonyl (C=O) groups excluding carboxylic acids is 1. The van der Waals surface area contributed by atoms with Crippen molar-refractivity contribution in [2.24, 2.45) is 5.73 Å². The molecular weight excluding hydrogens is 379 g/mol. The number of fused-ring (bicyclic) bond motifs is 1. The summed E-state index contributed by atoms with van der Waals surface area (Å²) in [6, 6.07) is 3.65. The number of halogens is 2. The second kappa shape index (κ2) is 7.53. The maximum atomic E-state index is 13.5. The van der Waals surface area contributed by atoms with Crippen molar-refractivity contribution >= 4 is 23.6 Å². The van der Waals surface area contributed by atoms with Crippen LogP contribution in [0.15, 0.2) is 18.2 Å². The van der Waals surface area contributed by atoms with Crippen LogP contribution in [0, 0.1) is 5.82 Å². The molecule has 1 aliphatic rings. The lowest BCUT2D eigenvalue weighted by Gasteiger charge is -2.32. The molecule has 144 valence electrons. The van der Waals surface area contributed by atoms with Gasteiger partial charge in [0.2, 0.25) is 0 Å². The molecule has 3 N–H and O–H groups in total. The Hall–Kier alpha value is -2.65. The molecule has 1 atom stereocenters. The third kappa shape index (κ3) is 3.60. The second-order valence-electron chi connectivity index (χ2n) is 6.21. The average Bonchev–Trinajstić information content (AvgIpc) is 3.01. The van der Waals surface area contributed by atoms with E-state index in [1.165, 1.54) is 23.1 Å². The van der Waals surface area contributed by atoms with E-state index in [0.29, 0.717) is 24.3 Å². The number of carboxylic acid groups (broad SMARTS) is 1. The molecule has 0 spiro atoms. The van der Waals surface area contributed by atoms with Crippen molar-refractivity contribution in [2.45, 2.75) is 19.0 Å². The first kappa shape index (κ1) is 19.1. The van der Waals surface area contributed by atoms with Gasteiger partial charge in [0.1, 0.15) is 11.5 Å². The van der Waals surface area contributed by atoms with Crippen LogP contribution in [0.3, 0.4) is 0 Å². The van der Waals surface area contributed by atoms with Crippen molar-refractivity contribution in [3.05, 3.63) is 40.3 Å². The van der Waals surface area contributed by atoms with Crippen molar-refractivity contribution in [3.63, 3.8) is 0 Å². The van der Waals surface area contributed by atoms with Gasteiger partial charge in [-0.25, -0.2) is 9.18 Å². The van der Waals surface area contributed by atoms with E-state index in [1.54, 1.807) is 11.8 Å². The molecule has 1 aliphatic heterocycles. The third-order valence-corrected chi connectivity index (χ3v) is 4.78. The molecule has 27 heavy (non-hydrogen) atoms. The highest BCUT2D eigenvalue weighted by Crippen LogP contribution is 2.34. The van der Waals surface area contributed by atoms with Gasteiger partial charge in [-0.05, 0) is 24.6 Å². The van der Waals surface area contributed by atoms with E-state index >= 15 is 0 Å². The highest BCUT2D eigenvalue weighted by Gasteiger charge is 2.34. The molecule has 0 saturated carbocycles. The van der Waals surface area contributed by atoms with E-state index < -0.39 is 17.8 Å². The van der Waals surface area contributed by atoms with E-state index in [1.807, 2.05) is 0 Å². The minimum atomic E-state index is -1.10. The largest absolute Gasteiger partial charge is 0.465 e.